The number of aromatic nitrogens is 4. The molecule has 0 aliphatic rings. The van der Waals surface area contributed by atoms with Gasteiger partial charge in [0.15, 0.2) is 5.82 Å². The molecule has 5 heteroatoms. The van der Waals surface area contributed by atoms with Crippen LogP contribution in [-0.4, -0.2) is 20.2 Å². The van der Waals surface area contributed by atoms with Crippen molar-refractivity contribution in [2.75, 3.05) is 0 Å². The summed E-state index contributed by atoms with van der Waals surface area (Å²) in [5, 5.41) is 11.5. The summed E-state index contributed by atoms with van der Waals surface area (Å²) in [6.07, 6.45) is 0. The van der Waals surface area contributed by atoms with Crippen molar-refractivity contribution < 1.29 is 0 Å². The van der Waals surface area contributed by atoms with Crippen molar-refractivity contribution in [2.24, 2.45) is 7.05 Å². The molecule has 0 fully saturated rings. The Kier molecular flexibility index (Phi) is 3.84. The fourth-order valence-corrected chi connectivity index (χ4v) is 2.53. The minimum Gasteiger partial charge on any atom is -0.229 e. The van der Waals surface area contributed by atoms with Gasteiger partial charge in [0.1, 0.15) is 0 Å². The summed E-state index contributed by atoms with van der Waals surface area (Å²) in [7, 11) is 1.84. The molecule has 3 rings (SSSR count). The van der Waals surface area contributed by atoms with Gasteiger partial charge in [0.25, 0.3) is 0 Å². The van der Waals surface area contributed by atoms with Crippen LogP contribution in [0.1, 0.15) is 17.3 Å². The number of aryl methyl sites for hydroxylation is 1. The normalized spacial score (nSPS) is 12.3. The van der Waals surface area contributed by atoms with E-state index in [2.05, 4.69) is 74.8 Å². The van der Waals surface area contributed by atoms with Crippen molar-refractivity contribution in [3.8, 4) is 22.5 Å². The van der Waals surface area contributed by atoms with E-state index in [9.17, 15) is 0 Å². The molecule has 0 saturated carbocycles. The zero-order chi connectivity index (χ0) is 14.8. The number of nitrogens with zero attached hydrogens (tertiary/aromatic N) is 4. The summed E-state index contributed by atoms with van der Waals surface area (Å²) in [6, 6.07) is 16.9. The molecule has 1 unspecified atom stereocenters. The van der Waals surface area contributed by atoms with E-state index in [1.807, 2.05) is 19.2 Å². The fraction of sp³-hybridized carbons (Fsp3) is 0.188. The van der Waals surface area contributed by atoms with Gasteiger partial charge in [-0.15, -0.1) is 5.10 Å². The maximum Gasteiger partial charge on any atom is 0.181 e. The molecule has 0 radical (unpaired) electrons. The molecule has 0 saturated heterocycles. The highest BCUT2D eigenvalue weighted by molar-refractivity contribution is 9.09. The number of benzene rings is 2. The number of rotatable bonds is 3. The van der Waals surface area contributed by atoms with Gasteiger partial charge in [-0.1, -0.05) is 64.5 Å². The molecule has 1 atom stereocenters. The van der Waals surface area contributed by atoms with Crippen molar-refractivity contribution >= 4 is 15.9 Å². The molecule has 4 nitrogen and oxygen atoms in total. The summed E-state index contributed by atoms with van der Waals surface area (Å²) in [6.45, 7) is 2.12. The van der Waals surface area contributed by atoms with E-state index in [1.165, 1.54) is 16.7 Å². The molecular formula is C16H15BrN4. The first-order chi connectivity index (χ1) is 10.1. The Labute approximate surface area is 131 Å². The van der Waals surface area contributed by atoms with Gasteiger partial charge < -0.3 is 0 Å². The van der Waals surface area contributed by atoms with Crippen molar-refractivity contribution in [2.45, 2.75) is 11.8 Å². The van der Waals surface area contributed by atoms with Gasteiger partial charge in [0, 0.05) is 17.4 Å². The topological polar surface area (TPSA) is 43.6 Å². The molecular weight excluding hydrogens is 328 g/mol. The quantitative estimate of drug-likeness (QED) is 0.675. The van der Waals surface area contributed by atoms with Crippen LogP contribution in [0.5, 0.6) is 0 Å². The molecule has 106 valence electrons. The zero-order valence-electron chi connectivity index (χ0n) is 11.9. The highest BCUT2D eigenvalue weighted by Gasteiger charge is 2.06. The van der Waals surface area contributed by atoms with Gasteiger partial charge >= 0.3 is 0 Å². The van der Waals surface area contributed by atoms with Crippen LogP contribution in [0.2, 0.25) is 0 Å². The average Bonchev–Trinajstić information content (AvgIpc) is 2.94. The average molecular weight is 343 g/mol. The van der Waals surface area contributed by atoms with Crippen LogP contribution < -0.4 is 0 Å². The summed E-state index contributed by atoms with van der Waals surface area (Å²) in [4.78, 5) is 0.373. The van der Waals surface area contributed by atoms with Crippen LogP contribution in [0.4, 0.5) is 0 Å². The second kappa shape index (κ2) is 5.77. The lowest BCUT2D eigenvalue weighted by Gasteiger charge is -2.07. The van der Waals surface area contributed by atoms with E-state index in [0.29, 0.717) is 4.83 Å². The molecule has 0 aliphatic heterocycles. The number of hydrogen-bond acceptors (Lipinski definition) is 3. The Morgan fingerprint density at radius 1 is 0.905 bits per heavy atom. The van der Waals surface area contributed by atoms with Crippen LogP contribution in [0.25, 0.3) is 22.5 Å². The molecule has 0 spiro atoms. The van der Waals surface area contributed by atoms with Crippen molar-refractivity contribution in [3.05, 3.63) is 54.1 Å². The summed E-state index contributed by atoms with van der Waals surface area (Å²) < 4.78 is 1.67. The largest absolute Gasteiger partial charge is 0.229 e. The van der Waals surface area contributed by atoms with Gasteiger partial charge in [0.2, 0.25) is 0 Å². The lowest BCUT2D eigenvalue weighted by Crippen LogP contribution is -1.94. The third kappa shape index (κ3) is 2.88. The minimum absolute atomic E-state index is 0.373. The number of alkyl halides is 1. The molecule has 0 bridgehead atoms. The fourth-order valence-electron chi connectivity index (χ4n) is 2.23. The highest BCUT2D eigenvalue weighted by Crippen LogP contribution is 2.27. The first-order valence-electron chi connectivity index (χ1n) is 6.72. The predicted octanol–water partition coefficient (Wildman–Crippen LogP) is 4.00. The van der Waals surface area contributed by atoms with Crippen molar-refractivity contribution in [3.63, 3.8) is 0 Å². The molecule has 1 heterocycles. The van der Waals surface area contributed by atoms with Crippen LogP contribution in [0.3, 0.4) is 0 Å². The van der Waals surface area contributed by atoms with Gasteiger partial charge in [-0.25, -0.2) is 4.68 Å². The van der Waals surface area contributed by atoms with Crippen molar-refractivity contribution in [1.82, 2.24) is 20.2 Å². The van der Waals surface area contributed by atoms with Crippen molar-refractivity contribution in [1.29, 1.82) is 0 Å². The SMILES string of the molecule is CC(Br)c1ccc(-c2ccc(-c3nnnn3C)cc2)cc1. The van der Waals surface area contributed by atoms with Crippen LogP contribution in [-0.2, 0) is 7.05 Å². The van der Waals surface area contributed by atoms with Crippen LogP contribution in [0, 0.1) is 0 Å². The number of halogens is 1. The molecule has 0 amide bonds. The minimum atomic E-state index is 0.373. The first-order valence-corrected chi connectivity index (χ1v) is 7.64. The molecule has 0 N–H and O–H groups in total. The molecule has 3 aromatic rings. The predicted molar refractivity (Wildman–Crippen MR) is 87.0 cm³/mol. The molecule has 1 aromatic heterocycles. The molecule has 0 aliphatic carbocycles. The summed E-state index contributed by atoms with van der Waals surface area (Å²) in [5.41, 5.74) is 4.68. The lowest BCUT2D eigenvalue weighted by atomic mass is 10.0. The Bertz CT molecular complexity index is 730. The van der Waals surface area contributed by atoms with E-state index in [1.54, 1.807) is 4.68 Å². The maximum atomic E-state index is 4.02. The second-order valence-corrected chi connectivity index (χ2v) is 6.31. The van der Waals surface area contributed by atoms with E-state index < -0.39 is 0 Å². The third-order valence-corrected chi connectivity index (χ3v) is 4.00. The second-order valence-electron chi connectivity index (χ2n) is 4.94. The van der Waals surface area contributed by atoms with Gasteiger partial charge in [-0.3, -0.25) is 0 Å². The van der Waals surface area contributed by atoms with Crippen LogP contribution in [0.15, 0.2) is 48.5 Å². The van der Waals surface area contributed by atoms with Gasteiger partial charge in [-0.05, 0) is 34.0 Å². The monoisotopic (exact) mass is 342 g/mol. The van der Waals surface area contributed by atoms with E-state index >= 15 is 0 Å². The Morgan fingerprint density at radius 2 is 1.43 bits per heavy atom. The van der Waals surface area contributed by atoms with Gasteiger partial charge in [-0.2, -0.15) is 0 Å². The summed E-state index contributed by atoms with van der Waals surface area (Å²) >= 11 is 3.58. The smallest absolute Gasteiger partial charge is 0.181 e. The number of hydrogen-bond donors (Lipinski definition) is 0. The summed E-state index contributed by atoms with van der Waals surface area (Å²) in [5.74, 6) is 0.769. The first kappa shape index (κ1) is 13.9. The Hall–Kier alpha value is -2.01. The Balaban J connectivity index is 1.89. The molecule has 2 aromatic carbocycles. The van der Waals surface area contributed by atoms with Gasteiger partial charge in [0.05, 0.1) is 0 Å². The van der Waals surface area contributed by atoms with E-state index in [4.69, 9.17) is 0 Å². The zero-order valence-corrected chi connectivity index (χ0v) is 13.4. The maximum absolute atomic E-state index is 4.02. The third-order valence-electron chi connectivity index (χ3n) is 3.47. The van der Waals surface area contributed by atoms with Crippen LogP contribution >= 0.6 is 15.9 Å². The Morgan fingerprint density at radius 3 is 1.90 bits per heavy atom. The number of tetrazole rings is 1. The standard InChI is InChI=1S/C16H15BrN4/c1-11(17)12-3-5-13(6-4-12)14-7-9-15(10-8-14)16-18-19-20-21(16)2/h3-11H,1-2H3. The molecule has 21 heavy (non-hydrogen) atoms. The highest BCUT2D eigenvalue weighted by atomic mass is 79.9. The lowest BCUT2D eigenvalue weighted by molar-refractivity contribution is 0.714. The van der Waals surface area contributed by atoms with E-state index in [0.717, 1.165) is 11.4 Å². The van der Waals surface area contributed by atoms with E-state index in [-0.39, 0.29) is 0 Å².